The van der Waals surface area contributed by atoms with Crippen molar-refractivity contribution in [2.75, 3.05) is 12.3 Å². The first-order chi connectivity index (χ1) is 13.6. The summed E-state index contributed by atoms with van der Waals surface area (Å²) in [6, 6.07) is 8.84. The number of amides is 1. The molecule has 3 N–H and O–H groups in total. The molecule has 0 saturated heterocycles. The molecule has 0 aliphatic rings. The zero-order valence-electron chi connectivity index (χ0n) is 15.3. The summed E-state index contributed by atoms with van der Waals surface area (Å²) in [5.41, 5.74) is 10.2. The van der Waals surface area contributed by atoms with Crippen LogP contribution in [0.15, 0.2) is 90.4 Å². The van der Waals surface area contributed by atoms with Gasteiger partial charge in [-0.1, -0.05) is 43.5 Å². The monoisotopic (exact) mass is 372 g/mol. The zero-order chi connectivity index (χ0) is 19.9. The average molecular weight is 372 g/mol. The molecule has 3 aromatic rings. The van der Waals surface area contributed by atoms with E-state index < -0.39 is 0 Å². The van der Waals surface area contributed by atoms with Crippen LogP contribution >= 0.6 is 0 Å². The van der Waals surface area contributed by atoms with Crippen LogP contribution in [0.25, 0.3) is 22.5 Å². The van der Waals surface area contributed by atoms with Gasteiger partial charge in [0.25, 0.3) is 5.91 Å². The molecule has 0 radical (unpaired) electrons. The summed E-state index contributed by atoms with van der Waals surface area (Å²) in [6.45, 7) is 7.73. The van der Waals surface area contributed by atoms with Gasteiger partial charge < -0.3 is 15.5 Å². The molecule has 0 spiro atoms. The fourth-order valence-corrected chi connectivity index (χ4v) is 2.57. The highest BCUT2D eigenvalue weighted by atomic mass is 16.3. The number of carbonyl (C=O) groups is 1. The van der Waals surface area contributed by atoms with Gasteiger partial charge in [-0.2, -0.15) is 0 Å². The summed E-state index contributed by atoms with van der Waals surface area (Å²) < 4.78 is 5.09. The second-order valence-corrected chi connectivity index (χ2v) is 5.94. The lowest BCUT2D eigenvalue weighted by Crippen LogP contribution is -2.25. The summed E-state index contributed by atoms with van der Waals surface area (Å²) in [5, 5.41) is 2.84. The average Bonchev–Trinajstić information content (AvgIpc) is 3.26. The van der Waals surface area contributed by atoms with E-state index in [2.05, 4.69) is 28.4 Å². The molecule has 0 atom stereocenters. The quantitative estimate of drug-likeness (QED) is 0.611. The number of nitrogens with two attached hydrogens (primary N) is 1. The molecule has 0 aliphatic carbocycles. The van der Waals surface area contributed by atoms with Crippen LogP contribution in [0.5, 0.6) is 0 Å². The van der Waals surface area contributed by atoms with Crippen LogP contribution in [0, 0.1) is 0 Å². The first-order valence-electron chi connectivity index (χ1n) is 8.60. The Bertz CT molecular complexity index is 1020. The minimum atomic E-state index is -0.186. The number of nitrogens with one attached hydrogen (secondary N) is 1. The minimum Gasteiger partial charge on any atom is -0.472 e. The predicted molar refractivity (Wildman–Crippen MR) is 110 cm³/mol. The van der Waals surface area contributed by atoms with Gasteiger partial charge in [0.05, 0.1) is 24.4 Å². The Balaban J connectivity index is 1.78. The maximum atomic E-state index is 12.3. The van der Waals surface area contributed by atoms with Gasteiger partial charge in [-0.25, -0.2) is 9.97 Å². The number of furan rings is 1. The number of hydrogen-bond acceptors (Lipinski definition) is 5. The van der Waals surface area contributed by atoms with Crippen molar-refractivity contribution >= 4 is 11.7 Å². The summed E-state index contributed by atoms with van der Waals surface area (Å²) in [6.07, 6.45) is 9.89. The predicted octanol–water partition coefficient (Wildman–Crippen LogP) is 4.01. The molecule has 0 unspecified atom stereocenters. The van der Waals surface area contributed by atoms with Gasteiger partial charge in [0.2, 0.25) is 0 Å². The van der Waals surface area contributed by atoms with Gasteiger partial charge in [-0.15, -0.1) is 0 Å². The fourth-order valence-electron chi connectivity index (χ4n) is 2.57. The summed E-state index contributed by atoms with van der Waals surface area (Å²) >= 11 is 0. The van der Waals surface area contributed by atoms with E-state index in [1.165, 1.54) is 0 Å². The molecule has 0 bridgehead atoms. The Labute approximate surface area is 163 Å². The lowest BCUT2D eigenvalue weighted by molar-refractivity contribution is 0.0957. The van der Waals surface area contributed by atoms with E-state index in [0.29, 0.717) is 29.3 Å². The number of nitrogens with zero attached hydrogens (tertiary/aromatic N) is 2. The van der Waals surface area contributed by atoms with E-state index in [-0.39, 0.29) is 5.91 Å². The van der Waals surface area contributed by atoms with Crippen LogP contribution in [0.4, 0.5) is 5.82 Å². The molecule has 0 saturated carbocycles. The van der Waals surface area contributed by atoms with Crippen LogP contribution in [0.3, 0.4) is 0 Å². The lowest BCUT2D eigenvalue weighted by Gasteiger charge is -2.08. The largest absolute Gasteiger partial charge is 0.472 e. The molecule has 2 aromatic heterocycles. The first kappa shape index (κ1) is 18.8. The molecule has 140 valence electrons. The number of hydrogen-bond donors (Lipinski definition) is 2. The van der Waals surface area contributed by atoms with E-state index >= 15 is 0 Å². The van der Waals surface area contributed by atoms with Crippen molar-refractivity contribution in [2.45, 2.75) is 0 Å². The van der Waals surface area contributed by atoms with Gasteiger partial charge in [0, 0.05) is 23.2 Å². The van der Waals surface area contributed by atoms with Crippen molar-refractivity contribution in [3.05, 3.63) is 91.6 Å². The van der Waals surface area contributed by atoms with Crippen molar-refractivity contribution in [3.63, 3.8) is 0 Å². The number of allylic oxidation sites excluding steroid dienone is 2. The molecule has 2 heterocycles. The number of rotatable bonds is 7. The van der Waals surface area contributed by atoms with Gasteiger partial charge in [-0.3, -0.25) is 4.79 Å². The number of nitrogen functional groups attached to an aromatic ring is 1. The van der Waals surface area contributed by atoms with Crippen molar-refractivity contribution in [1.29, 1.82) is 0 Å². The normalized spacial score (nSPS) is 11.1. The van der Waals surface area contributed by atoms with E-state index in [0.717, 1.165) is 16.7 Å². The molecule has 0 aliphatic heterocycles. The molecule has 6 nitrogen and oxygen atoms in total. The molecule has 3 rings (SSSR count). The van der Waals surface area contributed by atoms with Crippen LogP contribution in [-0.2, 0) is 0 Å². The van der Waals surface area contributed by atoms with Crippen molar-refractivity contribution in [2.24, 2.45) is 0 Å². The number of carbonyl (C=O) groups excluding carboxylic acids is 1. The molecule has 0 fully saturated rings. The van der Waals surface area contributed by atoms with Crippen LogP contribution in [0.2, 0.25) is 0 Å². The molecule has 1 amide bonds. The molecular weight excluding hydrogens is 352 g/mol. The van der Waals surface area contributed by atoms with Crippen molar-refractivity contribution in [3.8, 4) is 22.5 Å². The Morgan fingerprint density at radius 3 is 2.61 bits per heavy atom. The van der Waals surface area contributed by atoms with E-state index in [1.807, 2.05) is 0 Å². The van der Waals surface area contributed by atoms with Crippen LogP contribution in [0.1, 0.15) is 10.4 Å². The highest BCUT2D eigenvalue weighted by Gasteiger charge is 2.11. The van der Waals surface area contributed by atoms with Crippen molar-refractivity contribution in [1.82, 2.24) is 15.3 Å². The Hall–Kier alpha value is -3.93. The first-order valence-corrected chi connectivity index (χ1v) is 8.60. The number of anilines is 1. The molecule has 6 heteroatoms. The standard InChI is InChI=1S/C22H20N4O2/c1-3-5-15(4-2)12-25-22(27)17-8-6-16(7-9-17)20-21(23)24-13-19(26-20)18-10-11-28-14-18/h3-11,13-14H,1-2,12H2,(H2,23,24)(H,25,27)/b15-5+. The van der Waals surface area contributed by atoms with Gasteiger partial charge >= 0.3 is 0 Å². The second-order valence-electron chi connectivity index (χ2n) is 5.94. The van der Waals surface area contributed by atoms with Crippen molar-refractivity contribution < 1.29 is 9.21 Å². The maximum Gasteiger partial charge on any atom is 0.251 e. The van der Waals surface area contributed by atoms with Gasteiger partial charge in [0.1, 0.15) is 11.5 Å². The minimum absolute atomic E-state index is 0.186. The van der Waals surface area contributed by atoms with E-state index in [9.17, 15) is 4.79 Å². The molecule has 1 aromatic carbocycles. The topological polar surface area (TPSA) is 94.0 Å². The van der Waals surface area contributed by atoms with Crippen LogP contribution < -0.4 is 11.1 Å². The SMILES string of the molecule is C=C/C=C(\C=C)CNC(=O)c1ccc(-c2nc(-c3ccoc3)cnc2N)cc1. The number of aromatic nitrogens is 2. The number of benzene rings is 1. The molecular formula is C22H20N4O2. The van der Waals surface area contributed by atoms with Gasteiger partial charge in [0.15, 0.2) is 0 Å². The van der Waals surface area contributed by atoms with Crippen LogP contribution in [-0.4, -0.2) is 22.4 Å². The van der Waals surface area contributed by atoms with E-state index in [1.54, 1.807) is 67.3 Å². The molecule has 28 heavy (non-hydrogen) atoms. The highest BCUT2D eigenvalue weighted by molar-refractivity contribution is 5.95. The Morgan fingerprint density at radius 2 is 1.96 bits per heavy atom. The fraction of sp³-hybridized carbons (Fsp3) is 0.0455. The summed E-state index contributed by atoms with van der Waals surface area (Å²) in [5.74, 6) is 0.129. The van der Waals surface area contributed by atoms with Gasteiger partial charge in [-0.05, 0) is 23.8 Å². The summed E-state index contributed by atoms with van der Waals surface area (Å²) in [7, 11) is 0. The Kier molecular flexibility index (Phi) is 5.81. The highest BCUT2D eigenvalue weighted by Crippen LogP contribution is 2.26. The Morgan fingerprint density at radius 1 is 1.18 bits per heavy atom. The smallest absolute Gasteiger partial charge is 0.251 e. The zero-order valence-corrected chi connectivity index (χ0v) is 15.3. The third-order valence-electron chi connectivity index (χ3n) is 4.09. The summed E-state index contributed by atoms with van der Waals surface area (Å²) in [4.78, 5) is 21.1. The van der Waals surface area contributed by atoms with E-state index in [4.69, 9.17) is 10.2 Å². The lowest BCUT2D eigenvalue weighted by atomic mass is 10.1. The third kappa shape index (κ3) is 4.24. The third-order valence-corrected chi connectivity index (χ3v) is 4.09. The second kappa shape index (κ2) is 8.64. The maximum absolute atomic E-state index is 12.3.